The number of piperidine rings is 1. The molecule has 0 aliphatic carbocycles. The molecule has 2 aliphatic heterocycles. The summed E-state index contributed by atoms with van der Waals surface area (Å²) in [5, 5.41) is 11.8. The predicted molar refractivity (Wildman–Crippen MR) is 142 cm³/mol. The average Bonchev–Trinajstić information content (AvgIpc) is 3.13. The molecule has 3 amide bonds. The molecule has 1 saturated heterocycles. The van der Waals surface area contributed by atoms with Gasteiger partial charge in [0.1, 0.15) is 6.61 Å². The molecule has 2 aromatic rings. The van der Waals surface area contributed by atoms with Gasteiger partial charge in [-0.15, -0.1) is 0 Å². The Morgan fingerprint density at radius 1 is 1.13 bits per heavy atom. The van der Waals surface area contributed by atoms with E-state index < -0.39 is 11.5 Å². The van der Waals surface area contributed by atoms with E-state index in [1.807, 2.05) is 0 Å². The molecule has 4 N–H and O–H groups in total. The Labute approximate surface area is 242 Å². The summed E-state index contributed by atoms with van der Waals surface area (Å²) in [6.07, 6.45) is 0.991. The monoisotopic (exact) mass is 531 g/mol. The number of rotatable bonds is 7. The van der Waals surface area contributed by atoms with E-state index >= 15 is 0 Å². The Kier molecular flexibility index (Phi) is 9.31. The summed E-state index contributed by atoms with van der Waals surface area (Å²) in [6.45, 7) is 0.679. The molecule has 196 valence electrons. The molecule has 0 radical (unpaired) electrons. The number of ether oxygens (including phenoxy) is 1. The van der Waals surface area contributed by atoms with Gasteiger partial charge in [0.15, 0.2) is 11.5 Å². The molecule has 0 spiro atoms. The second-order valence-corrected chi connectivity index (χ2v) is 9.11. The van der Waals surface area contributed by atoms with E-state index in [1.54, 1.807) is 36.2 Å². The zero-order chi connectivity index (χ0) is 26.7. The van der Waals surface area contributed by atoms with Gasteiger partial charge in [-0.1, -0.05) is 12.1 Å². The Balaban J connectivity index is 0.00000400. The summed E-state index contributed by atoms with van der Waals surface area (Å²) in [6, 6.07) is 12.8. The SMILES string of the molecule is COCC(=O)Nc1cccc(C2(C3CCN(C(=O)c4ccc(C(=O)O)cc4)CC3)N=C(N)N(C)C2=O)c1.[NaH]. The van der Waals surface area contributed by atoms with Crippen molar-refractivity contribution in [3.05, 3.63) is 65.2 Å². The van der Waals surface area contributed by atoms with Gasteiger partial charge >= 0.3 is 35.5 Å². The number of likely N-dealkylation sites (N-methyl/N-ethyl adjacent to an activating group) is 1. The summed E-state index contributed by atoms with van der Waals surface area (Å²) in [4.78, 5) is 57.4. The Hall–Kier alpha value is -3.25. The first kappa shape index (κ1) is 29.3. The van der Waals surface area contributed by atoms with E-state index in [0.717, 1.165) is 0 Å². The second-order valence-electron chi connectivity index (χ2n) is 9.11. The van der Waals surface area contributed by atoms with Crippen LogP contribution in [0.25, 0.3) is 0 Å². The van der Waals surface area contributed by atoms with Crippen molar-refractivity contribution in [2.24, 2.45) is 16.6 Å². The molecule has 1 atom stereocenters. The third kappa shape index (κ3) is 5.60. The zero-order valence-electron chi connectivity index (χ0n) is 20.6. The number of nitrogens with two attached hydrogens (primary N) is 1. The number of carboxylic acids is 1. The first-order valence-corrected chi connectivity index (χ1v) is 11.8. The minimum absolute atomic E-state index is 0. The molecule has 2 aromatic carbocycles. The molecule has 38 heavy (non-hydrogen) atoms. The summed E-state index contributed by atoms with van der Waals surface area (Å²) < 4.78 is 4.87. The number of nitrogens with one attached hydrogen (secondary N) is 1. The predicted octanol–water partition coefficient (Wildman–Crippen LogP) is 0.856. The fourth-order valence-corrected chi connectivity index (χ4v) is 4.95. The first-order chi connectivity index (χ1) is 17.7. The van der Waals surface area contributed by atoms with Crippen molar-refractivity contribution in [1.29, 1.82) is 0 Å². The maximum absolute atomic E-state index is 13.6. The van der Waals surface area contributed by atoms with Gasteiger partial charge in [-0.05, 0) is 54.8 Å². The van der Waals surface area contributed by atoms with Gasteiger partial charge in [0, 0.05) is 44.4 Å². The fraction of sp³-hybridized carbons (Fsp3) is 0.346. The topological polar surface area (TPSA) is 155 Å². The van der Waals surface area contributed by atoms with E-state index in [0.29, 0.717) is 42.7 Å². The van der Waals surface area contributed by atoms with E-state index in [9.17, 15) is 19.2 Å². The molecule has 4 rings (SSSR count). The van der Waals surface area contributed by atoms with E-state index in [2.05, 4.69) is 10.3 Å². The van der Waals surface area contributed by atoms with Gasteiger partial charge in [-0.3, -0.25) is 19.3 Å². The van der Waals surface area contributed by atoms with Crippen molar-refractivity contribution < 1.29 is 29.0 Å². The van der Waals surface area contributed by atoms with Gasteiger partial charge in [0.2, 0.25) is 5.91 Å². The quantitative estimate of drug-likeness (QED) is 0.448. The van der Waals surface area contributed by atoms with Crippen molar-refractivity contribution in [1.82, 2.24) is 9.80 Å². The van der Waals surface area contributed by atoms with Crippen molar-refractivity contribution in [2.45, 2.75) is 18.4 Å². The molecule has 2 heterocycles. The van der Waals surface area contributed by atoms with Crippen LogP contribution >= 0.6 is 0 Å². The normalized spacial score (nSPS) is 19.5. The summed E-state index contributed by atoms with van der Waals surface area (Å²) >= 11 is 0. The van der Waals surface area contributed by atoms with Crippen LogP contribution in [0.15, 0.2) is 53.5 Å². The molecule has 0 aromatic heterocycles. The van der Waals surface area contributed by atoms with Gasteiger partial charge in [0.25, 0.3) is 11.8 Å². The summed E-state index contributed by atoms with van der Waals surface area (Å²) in [7, 11) is 3.00. The van der Waals surface area contributed by atoms with E-state index in [-0.39, 0.29) is 71.3 Å². The molecular weight excluding hydrogens is 501 g/mol. The van der Waals surface area contributed by atoms with Gasteiger partial charge in [-0.25, -0.2) is 9.79 Å². The van der Waals surface area contributed by atoms with Crippen LogP contribution in [0.4, 0.5) is 5.69 Å². The Bertz CT molecular complexity index is 1260. The standard InChI is InChI=1S/C26H29N5O6.Na.H/c1-30-24(36)26(29-25(30)27,19-4-3-5-20(14-19)28-21(32)15-37-2)18-10-12-31(13-11-18)22(33)16-6-8-17(9-7-16)23(34)35;;/h3-9,14,18H,10-13,15H2,1-2H3,(H2,27,29)(H,28,32)(H,34,35);;. The molecule has 1 fully saturated rings. The number of hydrogen-bond donors (Lipinski definition) is 3. The van der Waals surface area contributed by atoms with Crippen LogP contribution in [0.2, 0.25) is 0 Å². The van der Waals surface area contributed by atoms with Crippen LogP contribution in [-0.4, -0.2) is 108 Å². The van der Waals surface area contributed by atoms with Crippen LogP contribution in [-0.2, 0) is 19.9 Å². The zero-order valence-corrected chi connectivity index (χ0v) is 20.6. The third-order valence-electron chi connectivity index (χ3n) is 6.88. The molecular formula is C26H30N5NaO6. The van der Waals surface area contributed by atoms with Gasteiger partial charge in [0.05, 0.1) is 5.56 Å². The number of hydrogen-bond acceptors (Lipinski definition) is 7. The number of carbonyl (C=O) groups excluding carboxylic acids is 3. The average molecular weight is 532 g/mol. The van der Waals surface area contributed by atoms with Crippen LogP contribution in [0, 0.1) is 5.92 Å². The molecule has 0 bridgehead atoms. The van der Waals surface area contributed by atoms with Crippen LogP contribution in [0.3, 0.4) is 0 Å². The number of carboxylic acid groups (broad SMARTS) is 1. The van der Waals surface area contributed by atoms with Crippen LogP contribution < -0.4 is 11.1 Å². The molecule has 11 nitrogen and oxygen atoms in total. The van der Waals surface area contributed by atoms with Crippen molar-refractivity contribution >= 4 is 64.9 Å². The van der Waals surface area contributed by atoms with E-state index in [1.165, 1.54) is 36.3 Å². The Morgan fingerprint density at radius 2 is 1.76 bits per heavy atom. The molecule has 12 heteroatoms. The minimum atomic E-state index is -1.28. The van der Waals surface area contributed by atoms with Crippen molar-refractivity contribution in [2.75, 3.05) is 39.2 Å². The third-order valence-corrected chi connectivity index (χ3v) is 6.88. The summed E-state index contributed by atoms with van der Waals surface area (Å²) in [5.41, 5.74) is 6.44. The summed E-state index contributed by atoms with van der Waals surface area (Å²) in [5.74, 6) is -1.99. The number of aromatic carboxylic acids is 1. The number of aliphatic imine (C=N–C) groups is 1. The number of nitrogens with zero attached hydrogens (tertiary/aromatic N) is 3. The van der Waals surface area contributed by atoms with Crippen molar-refractivity contribution in [3.8, 4) is 0 Å². The Morgan fingerprint density at radius 3 is 2.32 bits per heavy atom. The number of benzene rings is 2. The van der Waals surface area contributed by atoms with Gasteiger partial charge in [-0.2, -0.15) is 0 Å². The van der Waals surface area contributed by atoms with Crippen LogP contribution in [0.1, 0.15) is 39.1 Å². The van der Waals surface area contributed by atoms with Crippen molar-refractivity contribution in [3.63, 3.8) is 0 Å². The maximum atomic E-state index is 13.6. The second kappa shape index (κ2) is 12.1. The number of amides is 3. The first-order valence-electron chi connectivity index (χ1n) is 11.8. The number of carbonyl (C=O) groups is 4. The number of methoxy groups -OCH3 is 1. The molecule has 1 unspecified atom stereocenters. The fourth-order valence-electron chi connectivity index (χ4n) is 4.95. The number of guanidine groups is 1. The van der Waals surface area contributed by atoms with Crippen LogP contribution in [0.5, 0.6) is 0 Å². The number of likely N-dealkylation sites (tertiary alicyclic amines) is 1. The van der Waals surface area contributed by atoms with Gasteiger partial charge < -0.3 is 25.8 Å². The molecule has 0 saturated carbocycles. The molecule has 2 aliphatic rings. The number of anilines is 1. The van der Waals surface area contributed by atoms with E-state index in [4.69, 9.17) is 15.6 Å².